The van der Waals surface area contributed by atoms with Crippen molar-refractivity contribution in [2.24, 2.45) is 0 Å². The number of fused-ring (bicyclic) bond motifs is 1. The van der Waals surface area contributed by atoms with Crippen LogP contribution in [0.4, 0.5) is 23.7 Å². The largest absolute Gasteiger partial charge is 0.464 e. The second kappa shape index (κ2) is 11.2. The molecular weight excluding hydrogens is 453 g/mol. The molecule has 4 rings (SSSR count). The van der Waals surface area contributed by atoms with Gasteiger partial charge in [-0.25, -0.2) is 18.0 Å². The van der Waals surface area contributed by atoms with Gasteiger partial charge in [0.15, 0.2) is 11.6 Å². The number of anilines is 1. The number of furan rings is 1. The lowest BCUT2D eigenvalue weighted by molar-refractivity contribution is 0.190. The number of unbranched alkanes of at least 4 members (excludes halogenated alkanes) is 4. The summed E-state index contributed by atoms with van der Waals surface area (Å²) in [6.45, 7) is 3.03. The fourth-order valence-electron chi connectivity index (χ4n) is 5.32. The number of hydrogen-bond acceptors (Lipinski definition) is 2. The van der Waals surface area contributed by atoms with Crippen molar-refractivity contribution in [3.05, 3.63) is 65.7 Å². The quantitative estimate of drug-likeness (QED) is 0.294. The van der Waals surface area contributed by atoms with Gasteiger partial charge < -0.3 is 14.6 Å². The standard InChI is InChI=1S/C28H33F3N2O2/c1-2-3-4-5-10-15-33(27(34)32-26-23(30)16-20(29)17-24(26)31)19-28(13-8-9-14-28)22-18-35-25-12-7-6-11-21(22)25/h6-7,11-12,16-18H,2-5,8-10,13-15,19H2,1H3,(H,32,34). The average Bonchev–Trinajstić information content (AvgIpc) is 3.48. The van der Waals surface area contributed by atoms with Gasteiger partial charge in [-0.05, 0) is 25.3 Å². The number of nitrogens with one attached hydrogen (secondary N) is 1. The van der Waals surface area contributed by atoms with E-state index >= 15 is 0 Å². The Morgan fingerprint density at radius 2 is 1.71 bits per heavy atom. The zero-order chi connectivity index (χ0) is 24.8. The lowest BCUT2D eigenvalue weighted by Gasteiger charge is -2.35. The number of amides is 2. The fourth-order valence-corrected chi connectivity index (χ4v) is 5.32. The highest BCUT2D eigenvalue weighted by Crippen LogP contribution is 2.45. The molecular formula is C28H33F3N2O2. The Kier molecular flexibility index (Phi) is 8.04. The van der Waals surface area contributed by atoms with Crippen LogP contribution < -0.4 is 5.32 Å². The third-order valence-electron chi connectivity index (χ3n) is 7.16. The van der Waals surface area contributed by atoms with E-state index in [0.29, 0.717) is 25.2 Å². The number of carbonyl (C=O) groups excluding carboxylic acids is 1. The van der Waals surface area contributed by atoms with Crippen molar-refractivity contribution in [3.8, 4) is 0 Å². The summed E-state index contributed by atoms with van der Waals surface area (Å²) in [5, 5.41) is 3.41. The van der Waals surface area contributed by atoms with Crippen molar-refractivity contribution in [1.29, 1.82) is 0 Å². The van der Waals surface area contributed by atoms with Crippen LogP contribution in [0.3, 0.4) is 0 Å². The van der Waals surface area contributed by atoms with Crippen LogP contribution in [0.25, 0.3) is 11.0 Å². The Labute approximate surface area is 204 Å². The van der Waals surface area contributed by atoms with Crippen molar-refractivity contribution in [1.82, 2.24) is 4.90 Å². The molecule has 1 aliphatic carbocycles. The van der Waals surface area contributed by atoms with E-state index in [1.54, 1.807) is 11.2 Å². The Bertz CT molecular complexity index is 1130. The lowest BCUT2D eigenvalue weighted by Crippen LogP contribution is -2.45. The highest BCUT2D eigenvalue weighted by Gasteiger charge is 2.40. The number of nitrogens with zero attached hydrogens (tertiary/aromatic N) is 1. The van der Waals surface area contributed by atoms with E-state index in [-0.39, 0.29) is 5.41 Å². The van der Waals surface area contributed by atoms with E-state index in [1.165, 1.54) is 0 Å². The molecule has 0 atom stereocenters. The minimum absolute atomic E-state index is 0.298. The van der Waals surface area contributed by atoms with E-state index in [0.717, 1.165) is 74.3 Å². The molecule has 0 saturated heterocycles. The second-order valence-corrected chi connectivity index (χ2v) is 9.64. The van der Waals surface area contributed by atoms with Gasteiger partial charge in [0.1, 0.15) is 17.1 Å². The number of carbonyl (C=O) groups is 1. The predicted octanol–water partition coefficient (Wildman–Crippen LogP) is 8.17. The van der Waals surface area contributed by atoms with Crippen molar-refractivity contribution >= 4 is 22.7 Å². The van der Waals surface area contributed by atoms with E-state index in [9.17, 15) is 18.0 Å². The fraction of sp³-hybridized carbons (Fsp3) is 0.464. The molecule has 1 fully saturated rings. The van der Waals surface area contributed by atoms with Gasteiger partial charge in [0.2, 0.25) is 0 Å². The molecule has 188 valence electrons. The molecule has 0 radical (unpaired) electrons. The van der Waals surface area contributed by atoms with Gasteiger partial charge in [-0.15, -0.1) is 0 Å². The maximum Gasteiger partial charge on any atom is 0.322 e. The molecule has 1 N–H and O–H groups in total. The Morgan fingerprint density at radius 3 is 2.43 bits per heavy atom. The van der Waals surface area contributed by atoms with Gasteiger partial charge in [0.05, 0.1) is 6.26 Å². The summed E-state index contributed by atoms with van der Waals surface area (Å²) in [7, 11) is 0. The van der Waals surface area contributed by atoms with Crippen LogP contribution in [0.5, 0.6) is 0 Å². The summed E-state index contributed by atoms with van der Waals surface area (Å²) >= 11 is 0. The molecule has 7 heteroatoms. The Balaban J connectivity index is 1.60. The van der Waals surface area contributed by atoms with Crippen LogP contribution >= 0.6 is 0 Å². The zero-order valence-electron chi connectivity index (χ0n) is 20.2. The zero-order valence-corrected chi connectivity index (χ0v) is 20.2. The maximum absolute atomic E-state index is 14.3. The molecule has 1 saturated carbocycles. The minimum Gasteiger partial charge on any atom is -0.464 e. The lowest BCUT2D eigenvalue weighted by atomic mass is 9.78. The van der Waals surface area contributed by atoms with Crippen LogP contribution in [-0.4, -0.2) is 24.0 Å². The van der Waals surface area contributed by atoms with Crippen molar-refractivity contribution in [3.63, 3.8) is 0 Å². The van der Waals surface area contributed by atoms with E-state index in [2.05, 4.69) is 12.2 Å². The van der Waals surface area contributed by atoms with Gasteiger partial charge in [0, 0.05) is 41.6 Å². The van der Waals surface area contributed by atoms with Crippen molar-refractivity contribution in [2.45, 2.75) is 70.1 Å². The van der Waals surface area contributed by atoms with Gasteiger partial charge in [-0.2, -0.15) is 0 Å². The monoisotopic (exact) mass is 486 g/mol. The topological polar surface area (TPSA) is 45.5 Å². The molecule has 2 amide bonds. The van der Waals surface area contributed by atoms with Crippen LogP contribution in [0.2, 0.25) is 0 Å². The average molecular weight is 487 g/mol. The van der Waals surface area contributed by atoms with Gasteiger partial charge >= 0.3 is 6.03 Å². The Morgan fingerprint density at radius 1 is 1.03 bits per heavy atom. The van der Waals surface area contributed by atoms with Crippen molar-refractivity contribution < 1.29 is 22.4 Å². The molecule has 0 spiro atoms. The van der Waals surface area contributed by atoms with Gasteiger partial charge in [-0.1, -0.05) is 63.6 Å². The second-order valence-electron chi connectivity index (χ2n) is 9.64. The molecule has 0 bridgehead atoms. The molecule has 0 unspecified atom stereocenters. The highest BCUT2D eigenvalue weighted by atomic mass is 19.1. The van der Waals surface area contributed by atoms with E-state index < -0.39 is 29.2 Å². The summed E-state index contributed by atoms with van der Waals surface area (Å²) in [6, 6.07) is 8.44. The van der Waals surface area contributed by atoms with E-state index in [4.69, 9.17) is 4.42 Å². The first kappa shape index (κ1) is 25.1. The number of rotatable bonds is 10. The summed E-state index contributed by atoms with van der Waals surface area (Å²) in [5.41, 5.74) is 0.961. The molecule has 1 heterocycles. The number of urea groups is 1. The first-order chi connectivity index (χ1) is 16.9. The third kappa shape index (κ3) is 5.65. The van der Waals surface area contributed by atoms with E-state index in [1.807, 2.05) is 24.3 Å². The number of hydrogen-bond donors (Lipinski definition) is 1. The normalized spacial score (nSPS) is 15.0. The number of benzene rings is 2. The molecule has 4 nitrogen and oxygen atoms in total. The molecule has 0 aliphatic heterocycles. The molecule has 35 heavy (non-hydrogen) atoms. The molecule has 3 aromatic rings. The number of para-hydroxylation sites is 1. The van der Waals surface area contributed by atoms with Crippen LogP contribution in [0, 0.1) is 17.5 Å². The van der Waals surface area contributed by atoms with Gasteiger partial charge in [0.25, 0.3) is 0 Å². The summed E-state index contributed by atoms with van der Waals surface area (Å²) in [4.78, 5) is 15.0. The smallest absolute Gasteiger partial charge is 0.322 e. The van der Waals surface area contributed by atoms with Crippen LogP contribution in [0.15, 0.2) is 47.1 Å². The van der Waals surface area contributed by atoms with Crippen molar-refractivity contribution in [2.75, 3.05) is 18.4 Å². The van der Waals surface area contributed by atoms with Crippen LogP contribution in [0.1, 0.15) is 70.3 Å². The van der Waals surface area contributed by atoms with Gasteiger partial charge in [-0.3, -0.25) is 0 Å². The Hall–Kier alpha value is -2.96. The predicted molar refractivity (Wildman–Crippen MR) is 132 cm³/mol. The summed E-state index contributed by atoms with van der Waals surface area (Å²) < 4.78 is 47.8. The molecule has 2 aromatic carbocycles. The first-order valence-electron chi connectivity index (χ1n) is 12.6. The van der Waals surface area contributed by atoms with Crippen LogP contribution in [-0.2, 0) is 5.41 Å². The number of halogens is 3. The third-order valence-corrected chi connectivity index (χ3v) is 7.16. The minimum atomic E-state index is -1.13. The summed E-state index contributed by atoms with van der Waals surface area (Å²) in [5.74, 6) is -3.28. The first-order valence-corrected chi connectivity index (χ1v) is 12.6. The summed E-state index contributed by atoms with van der Waals surface area (Å²) in [6.07, 6.45) is 10.7. The molecule has 1 aromatic heterocycles. The SMILES string of the molecule is CCCCCCCN(CC1(c2coc3ccccc23)CCCC1)C(=O)Nc1c(F)cc(F)cc1F. The maximum atomic E-state index is 14.3. The highest BCUT2D eigenvalue weighted by molar-refractivity contribution is 5.90. The molecule has 1 aliphatic rings.